The van der Waals surface area contributed by atoms with Crippen LogP contribution in [0.15, 0.2) is 48.5 Å². The first kappa shape index (κ1) is 27.7. The summed E-state index contributed by atoms with van der Waals surface area (Å²) in [4.78, 5) is 36.6. The molecule has 0 spiro atoms. The molecule has 3 atom stereocenters. The fraction of sp³-hybridized carbons (Fsp3) is 0.516. The number of hydrogen-bond acceptors (Lipinski definition) is 6. The van der Waals surface area contributed by atoms with Gasteiger partial charge in [0, 0.05) is 24.6 Å². The maximum Gasteiger partial charge on any atom is 0.246 e. The Bertz CT molecular complexity index is 1270. The number of aliphatic hydroxyl groups excluding tert-OH is 1. The SMILES string of the molecule is CC[C@@H](C)C(=O)N[C@H](C(=O)N1CCC[C@H]1c1nc2c(-c3ccccc3)cccc2s1)C1CCN(CCO)CC1. The molecule has 0 aliphatic carbocycles. The number of carbonyl (C=O) groups is 2. The van der Waals surface area contributed by atoms with Gasteiger partial charge in [-0.2, -0.15) is 0 Å². The van der Waals surface area contributed by atoms with Gasteiger partial charge in [-0.05, 0) is 62.7 Å². The van der Waals surface area contributed by atoms with Crippen molar-refractivity contribution in [1.82, 2.24) is 20.1 Å². The molecular formula is C31H40N4O3S. The van der Waals surface area contributed by atoms with Crippen molar-refractivity contribution in [3.8, 4) is 11.1 Å². The third-order valence-electron chi connectivity index (χ3n) is 8.48. The van der Waals surface area contributed by atoms with Gasteiger partial charge in [0.25, 0.3) is 0 Å². The number of carbonyl (C=O) groups excluding carboxylic acids is 2. The molecule has 0 saturated carbocycles. The van der Waals surface area contributed by atoms with E-state index in [4.69, 9.17) is 4.98 Å². The van der Waals surface area contributed by atoms with E-state index in [1.165, 1.54) is 0 Å². The van der Waals surface area contributed by atoms with E-state index in [0.717, 1.165) is 71.5 Å². The van der Waals surface area contributed by atoms with E-state index in [0.29, 0.717) is 13.1 Å². The van der Waals surface area contributed by atoms with E-state index in [1.807, 2.05) is 36.9 Å². The Kier molecular flexibility index (Phi) is 8.95. The van der Waals surface area contributed by atoms with Crippen LogP contribution in [0.4, 0.5) is 0 Å². The van der Waals surface area contributed by atoms with Crippen LogP contribution in [0.2, 0.25) is 0 Å². The average molecular weight is 549 g/mol. The van der Waals surface area contributed by atoms with Gasteiger partial charge in [-0.1, -0.05) is 56.3 Å². The zero-order valence-electron chi connectivity index (χ0n) is 23.0. The van der Waals surface area contributed by atoms with Crippen molar-refractivity contribution in [2.45, 2.75) is 58.0 Å². The van der Waals surface area contributed by atoms with Crippen LogP contribution in [0.5, 0.6) is 0 Å². The van der Waals surface area contributed by atoms with Gasteiger partial charge in [-0.15, -0.1) is 11.3 Å². The van der Waals surface area contributed by atoms with Gasteiger partial charge in [0.05, 0.1) is 22.9 Å². The molecule has 2 amide bonds. The number of para-hydroxylation sites is 1. The quantitative estimate of drug-likeness (QED) is 0.399. The van der Waals surface area contributed by atoms with E-state index in [1.54, 1.807) is 11.3 Å². The number of thiazole rings is 1. The Labute approximate surface area is 235 Å². The summed E-state index contributed by atoms with van der Waals surface area (Å²) in [6, 6.07) is 16.0. The Morgan fingerprint density at radius 2 is 1.85 bits per heavy atom. The lowest BCUT2D eigenvalue weighted by Crippen LogP contribution is -2.55. The van der Waals surface area contributed by atoms with Gasteiger partial charge in [-0.3, -0.25) is 9.59 Å². The molecule has 5 rings (SSSR count). The van der Waals surface area contributed by atoms with Crippen molar-refractivity contribution in [2.24, 2.45) is 11.8 Å². The molecule has 0 bridgehead atoms. The normalized spacial score (nSPS) is 20.3. The van der Waals surface area contributed by atoms with E-state index in [2.05, 4.69) is 40.5 Å². The molecule has 1 aromatic heterocycles. The van der Waals surface area contributed by atoms with Crippen LogP contribution in [-0.4, -0.2) is 70.5 Å². The van der Waals surface area contributed by atoms with Crippen molar-refractivity contribution < 1.29 is 14.7 Å². The topological polar surface area (TPSA) is 85.8 Å². The summed E-state index contributed by atoms with van der Waals surface area (Å²) >= 11 is 1.68. The summed E-state index contributed by atoms with van der Waals surface area (Å²) in [5.41, 5.74) is 3.24. The number of amides is 2. The van der Waals surface area contributed by atoms with Crippen LogP contribution in [0.25, 0.3) is 21.3 Å². The highest BCUT2D eigenvalue weighted by molar-refractivity contribution is 7.18. The maximum absolute atomic E-state index is 14.2. The smallest absolute Gasteiger partial charge is 0.246 e. The molecule has 0 radical (unpaired) electrons. The van der Waals surface area contributed by atoms with Crippen LogP contribution in [0.1, 0.15) is 57.0 Å². The number of hydrogen-bond donors (Lipinski definition) is 2. The second-order valence-electron chi connectivity index (χ2n) is 11.0. The van der Waals surface area contributed by atoms with Gasteiger partial charge in [0.2, 0.25) is 11.8 Å². The number of likely N-dealkylation sites (tertiary alicyclic amines) is 2. The maximum atomic E-state index is 14.2. The molecule has 208 valence electrons. The molecule has 7 nitrogen and oxygen atoms in total. The molecule has 3 heterocycles. The minimum absolute atomic E-state index is 0.0253. The molecular weight excluding hydrogens is 508 g/mol. The van der Waals surface area contributed by atoms with Crippen LogP contribution < -0.4 is 5.32 Å². The number of piperidine rings is 1. The number of fused-ring (bicyclic) bond motifs is 1. The first-order chi connectivity index (χ1) is 19.0. The summed E-state index contributed by atoms with van der Waals surface area (Å²) in [6.07, 6.45) is 4.21. The molecule has 2 saturated heterocycles. The zero-order valence-corrected chi connectivity index (χ0v) is 23.8. The highest BCUT2D eigenvalue weighted by Crippen LogP contribution is 2.40. The lowest BCUT2D eigenvalue weighted by molar-refractivity contribution is -0.140. The van der Waals surface area contributed by atoms with E-state index < -0.39 is 6.04 Å². The van der Waals surface area contributed by atoms with Gasteiger partial charge >= 0.3 is 0 Å². The molecule has 2 N–H and O–H groups in total. The average Bonchev–Trinajstić information content (AvgIpc) is 3.63. The molecule has 8 heteroatoms. The molecule has 39 heavy (non-hydrogen) atoms. The number of benzene rings is 2. The largest absolute Gasteiger partial charge is 0.395 e. The molecule has 2 aliphatic rings. The Morgan fingerprint density at radius 1 is 1.08 bits per heavy atom. The van der Waals surface area contributed by atoms with Gasteiger partial charge in [0.1, 0.15) is 11.0 Å². The summed E-state index contributed by atoms with van der Waals surface area (Å²) < 4.78 is 1.13. The number of nitrogens with zero attached hydrogens (tertiary/aromatic N) is 3. The first-order valence-corrected chi connectivity index (χ1v) is 15.2. The molecule has 2 aromatic carbocycles. The van der Waals surface area contributed by atoms with Crippen molar-refractivity contribution in [3.05, 3.63) is 53.5 Å². The fourth-order valence-electron chi connectivity index (χ4n) is 5.94. The van der Waals surface area contributed by atoms with Gasteiger partial charge < -0.3 is 20.2 Å². The Morgan fingerprint density at radius 3 is 2.56 bits per heavy atom. The van der Waals surface area contributed by atoms with Crippen LogP contribution in [-0.2, 0) is 9.59 Å². The predicted molar refractivity (Wildman–Crippen MR) is 156 cm³/mol. The van der Waals surface area contributed by atoms with Crippen LogP contribution in [0.3, 0.4) is 0 Å². The predicted octanol–water partition coefficient (Wildman–Crippen LogP) is 4.86. The Hall–Kier alpha value is -2.81. The summed E-state index contributed by atoms with van der Waals surface area (Å²) in [5.74, 6) is -0.0688. The lowest BCUT2D eigenvalue weighted by Gasteiger charge is -2.38. The molecule has 0 unspecified atom stereocenters. The highest BCUT2D eigenvalue weighted by Gasteiger charge is 2.40. The van der Waals surface area contributed by atoms with E-state index >= 15 is 0 Å². The number of β-amino-alcohol motifs (C(OH)–C–C–N with tert-alkyl or cyclic N) is 1. The van der Waals surface area contributed by atoms with Crippen molar-refractivity contribution in [1.29, 1.82) is 0 Å². The molecule has 3 aromatic rings. The standard InChI is InChI=1S/C31H40N4O3S/c1-3-21(2)29(37)32-27(23-14-17-34(18-15-23)19-20-36)31(38)35-16-8-12-25(35)30-33-28-24(11-7-13-26(28)39-30)22-9-5-4-6-10-22/h4-7,9-11,13,21,23,25,27,36H,3,8,12,14-20H2,1-2H3,(H,32,37)/t21-,25+,27+/m1/s1. The minimum Gasteiger partial charge on any atom is -0.395 e. The fourth-order valence-corrected chi connectivity index (χ4v) is 7.08. The van der Waals surface area contributed by atoms with E-state index in [9.17, 15) is 14.7 Å². The van der Waals surface area contributed by atoms with E-state index in [-0.39, 0.29) is 36.3 Å². The Balaban J connectivity index is 1.41. The summed E-state index contributed by atoms with van der Waals surface area (Å²) in [6.45, 7) is 7.06. The number of aromatic nitrogens is 1. The van der Waals surface area contributed by atoms with Crippen LogP contribution >= 0.6 is 11.3 Å². The highest BCUT2D eigenvalue weighted by atomic mass is 32.1. The third kappa shape index (κ3) is 6.03. The van der Waals surface area contributed by atoms with Crippen molar-refractivity contribution in [2.75, 3.05) is 32.8 Å². The minimum atomic E-state index is -0.530. The van der Waals surface area contributed by atoms with Gasteiger partial charge in [0.15, 0.2) is 0 Å². The van der Waals surface area contributed by atoms with Crippen LogP contribution in [0, 0.1) is 11.8 Å². The third-order valence-corrected chi connectivity index (χ3v) is 9.61. The lowest BCUT2D eigenvalue weighted by atomic mass is 9.87. The monoisotopic (exact) mass is 548 g/mol. The van der Waals surface area contributed by atoms with Crippen molar-refractivity contribution in [3.63, 3.8) is 0 Å². The van der Waals surface area contributed by atoms with Crippen molar-refractivity contribution >= 4 is 33.4 Å². The second-order valence-corrected chi connectivity index (χ2v) is 12.0. The number of nitrogens with one attached hydrogen (secondary N) is 1. The zero-order chi connectivity index (χ0) is 27.4. The summed E-state index contributed by atoms with van der Waals surface area (Å²) in [5, 5.41) is 13.5. The second kappa shape index (κ2) is 12.6. The van der Waals surface area contributed by atoms with Gasteiger partial charge in [-0.25, -0.2) is 4.98 Å². The molecule has 2 aliphatic heterocycles. The first-order valence-electron chi connectivity index (χ1n) is 14.4. The summed E-state index contributed by atoms with van der Waals surface area (Å²) in [7, 11) is 0. The molecule has 2 fully saturated rings. The number of aliphatic hydroxyl groups is 1. The number of rotatable bonds is 9.